The molecule has 4 nitrogen and oxygen atoms in total. The van der Waals surface area contributed by atoms with Crippen molar-refractivity contribution in [1.82, 2.24) is 5.32 Å². The zero-order valence-electron chi connectivity index (χ0n) is 16.2. The van der Waals surface area contributed by atoms with E-state index in [4.69, 9.17) is 5.73 Å². The molecule has 25 heavy (non-hydrogen) atoms. The second-order valence-corrected chi connectivity index (χ2v) is 6.66. The highest BCUT2D eigenvalue weighted by Crippen LogP contribution is 2.10. The molecule has 0 heterocycles. The number of unbranched alkanes of at least 4 members (excludes halogenated alkanes) is 8. The fraction of sp³-hybridized carbons (Fsp3) is 0.850. The van der Waals surface area contributed by atoms with Gasteiger partial charge in [-0.15, -0.1) is 12.4 Å². The van der Waals surface area contributed by atoms with Crippen molar-refractivity contribution < 1.29 is 9.90 Å². The van der Waals surface area contributed by atoms with Gasteiger partial charge in [0.2, 0.25) is 5.91 Å². The van der Waals surface area contributed by atoms with Crippen LogP contribution < -0.4 is 11.1 Å². The van der Waals surface area contributed by atoms with Gasteiger partial charge in [-0.1, -0.05) is 64.0 Å². The molecule has 0 spiro atoms. The summed E-state index contributed by atoms with van der Waals surface area (Å²) in [5, 5.41) is 12.6. The Morgan fingerprint density at radius 3 is 2.44 bits per heavy atom. The molecule has 0 rings (SSSR count). The molecule has 0 aromatic rings. The summed E-state index contributed by atoms with van der Waals surface area (Å²) in [7, 11) is 0. The Kier molecular flexibility index (Phi) is 22.9. The van der Waals surface area contributed by atoms with Crippen LogP contribution in [0, 0.1) is 0 Å². The molecular weight excluding hydrogens is 336 g/mol. The lowest BCUT2D eigenvalue weighted by Crippen LogP contribution is -2.28. The summed E-state index contributed by atoms with van der Waals surface area (Å²) < 4.78 is 0. The number of carbonyl (C=O) groups is 1. The first-order valence-electron chi connectivity index (χ1n) is 10.0. The highest BCUT2D eigenvalue weighted by atomic mass is 35.5. The Bertz CT molecular complexity index is 312. The van der Waals surface area contributed by atoms with Gasteiger partial charge in [0, 0.05) is 19.5 Å². The van der Waals surface area contributed by atoms with E-state index in [1.807, 2.05) is 0 Å². The standard InChI is InChI=1S/C20H40N2O2.ClH/c1-2-3-4-11-14-19(23)15-12-9-7-5-6-8-10-13-16-20(24)22-18-17-21;/h9,12,19,23H,2-8,10-11,13-18,21H2,1H3,(H,22,24);1H. The highest BCUT2D eigenvalue weighted by molar-refractivity contribution is 5.85. The van der Waals surface area contributed by atoms with Gasteiger partial charge in [-0.3, -0.25) is 4.79 Å². The predicted octanol–water partition coefficient (Wildman–Crippen LogP) is 4.49. The summed E-state index contributed by atoms with van der Waals surface area (Å²) >= 11 is 0. The van der Waals surface area contributed by atoms with E-state index in [1.54, 1.807) is 0 Å². The molecule has 0 saturated carbocycles. The summed E-state index contributed by atoms with van der Waals surface area (Å²) in [5.41, 5.74) is 5.34. The molecule has 0 aromatic carbocycles. The number of hydrogen-bond acceptors (Lipinski definition) is 3. The molecule has 1 atom stereocenters. The second-order valence-electron chi connectivity index (χ2n) is 6.66. The van der Waals surface area contributed by atoms with Crippen LogP contribution in [0.25, 0.3) is 0 Å². The van der Waals surface area contributed by atoms with E-state index in [9.17, 15) is 9.90 Å². The van der Waals surface area contributed by atoms with Crippen molar-refractivity contribution in [3.05, 3.63) is 12.2 Å². The molecule has 0 bridgehead atoms. The first-order chi connectivity index (χ1) is 11.7. The minimum Gasteiger partial charge on any atom is -0.393 e. The maximum absolute atomic E-state index is 11.4. The molecule has 4 N–H and O–H groups in total. The highest BCUT2D eigenvalue weighted by Gasteiger charge is 2.01. The molecule has 0 aliphatic rings. The Hall–Kier alpha value is -0.580. The lowest BCUT2D eigenvalue weighted by atomic mass is 10.1. The molecule has 1 unspecified atom stereocenters. The number of rotatable bonds is 17. The number of aliphatic hydroxyl groups excluding tert-OH is 1. The quantitative estimate of drug-likeness (QED) is 0.258. The number of hydrogen-bond donors (Lipinski definition) is 3. The normalized spacial score (nSPS) is 12.1. The summed E-state index contributed by atoms with van der Waals surface area (Å²) in [5.74, 6) is 0.122. The number of nitrogens with two attached hydrogens (primary N) is 1. The van der Waals surface area contributed by atoms with E-state index in [0.717, 1.165) is 38.5 Å². The Balaban J connectivity index is 0. The largest absolute Gasteiger partial charge is 0.393 e. The first-order valence-corrected chi connectivity index (χ1v) is 10.0. The van der Waals surface area contributed by atoms with Crippen molar-refractivity contribution in [2.75, 3.05) is 13.1 Å². The van der Waals surface area contributed by atoms with Gasteiger partial charge >= 0.3 is 0 Å². The molecule has 5 heteroatoms. The molecule has 0 fully saturated rings. The van der Waals surface area contributed by atoms with Crippen LogP contribution >= 0.6 is 12.4 Å². The summed E-state index contributed by atoms with van der Waals surface area (Å²) in [6.07, 6.45) is 18.2. The number of amides is 1. The van der Waals surface area contributed by atoms with E-state index in [-0.39, 0.29) is 24.4 Å². The van der Waals surface area contributed by atoms with Crippen molar-refractivity contribution in [2.24, 2.45) is 5.73 Å². The minimum atomic E-state index is -0.163. The molecule has 0 radical (unpaired) electrons. The Morgan fingerprint density at radius 2 is 1.72 bits per heavy atom. The third-order valence-electron chi connectivity index (χ3n) is 4.21. The number of nitrogens with one attached hydrogen (secondary N) is 1. The van der Waals surface area contributed by atoms with Crippen LogP contribution in [0.15, 0.2) is 12.2 Å². The summed E-state index contributed by atoms with van der Waals surface area (Å²) in [4.78, 5) is 11.4. The van der Waals surface area contributed by atoms with Crippen LogP contribution in [0.5, 0.6) is 0 Å². The summed E-state index contributed by atoms with van der Waals surface area (Å²) in [6, 6.07) is 0. The fourth-order valence-corrected chi connectivity index (χ4v) is 2.67. The lowest BCUT2D eigenvalue weighted by Gasteiger charge is -2.07. The number of allylic oxidation sites excluding steroid dienone is 1. The van der Waals surface area contributed by atoms with E-state index in [1.165, 1.54) is 38.5 Å². The smallest absolute Gasteiger partial charge is 0.220 e. The van der Waals surface area contributed by atoms with Crippen LogP contribution in [0.2, 0.25) is 0 Å². The van der Waals surface area contributed by atoms with Gasteiger partial charge in [-0.2, -0.15) is 0 Å². The maximum Gasteiger partial charge on any atom is 0.220 e. The Labute approximate surface area is 161 Å². The zero-order valence-corrected chi connectivity index (χ0v) is 17.0. The molecule has 0 aromatic heterocycles. The van der Waals surface area contributed by atoms with Crippen molar-refractivity contribution in [3.63, 3.8) is 0 Å². The van der Waals surface area contributed by atoms with Gasteiger partial charge in [0.1, 0.15) is 0 Å². The zero-order chi connectivity index (χ0) is 17.9. The molecular formula is C20H41ClN2O2. The van der Waals surface area contributed by atoms with Crippen molar-refractivity contribution >= 4 is 18.3 Å². The lowest BCUT2D eigenvalue weighted by molar-refractivity contribution is -0.121. The average Bonchev–Trinajstić information content (AvgIpc) is 2.58. The fourth-order valence-electron chi connectivity index (χ4n) is 2.67. The van der Waals surface area contributed by atoms with Crippen LogP contribution in [0.3, 0.4) is 0 Å². The number of aliphatic hydroxyl groups is 1. The van der Waals surface area contributed by atoms with Crippen molar-refractivity contribution in [2.45, 2.75) is 96.5 Å². The van der Waals surface area contributed by atoms with Crippen LogP contribution in [-0.2, 0) is 4.79 Å². The predicted molar refractivity (Wildman–Crippen MR) is 110 cm³/mol. The molecule has 150 valence electrons. The third kappa shape index (κ3) is 21.4. The topological polar surface area (TPSA) is 75.3 Å². The summed E-state index contributed by atoms with van der Waals surface area (Å²) in [6.45, 7) is 3.30. The van der Waals surface area contributed by atoms with Gasteiger partial charge < -0.3 is 16.2 Å². The van der Waals surface area contributed by atoms with Gasteiger partial charge in [0.15, 0.2) is 0 Å². The molecule has 0 aliphatic carbocycles. The first kappa shape index (κ1) is 26.6. The monoisotopic (exact) mass is 376 g/mol. The van der Waals surface area contributed by atoms with Crippen molar-refractivity contribution in [3.8, 4) is 0 Å². The average molecular weight is 377 g/mol. The van der Waals surface area contributed by atoms with Crippen LogP contribution in [0.1, 0.15) is 90.4 Å². The van der Waals surface area contributed by atoms with Gasteiger partial charge in [0.25, 0.3) is 0 Å². The van der Waals surface area contributed by atoms with E-state index >= 15 is 0 Å². The van der Waals surface area contributed by atoms with Gasteiger partial charge in [0.05, 0.1) is 6.10 Å². The van der Waals surface area contributed by atoms with E-state index < -0.39 is 0 Å². The maximum atomic E-state index is 11.4. The second kappa shape index (κ2) is 21.5. The van der Waals surface area contributed by atoms with E-state index in [2.05, 4.69) is 24.4 Å². The van der Waals surface area contributed by atoms with Crippen LogP contribution in [0.4, 0.5) is 0 Å². The number of carbonyl (C=O) groups excluding carboxylic acids is 1. The Morgan fingerprint density at radius 1 is 1.04 bits per heavy atom. The molecule has 1 amide bonds. The van der Waals surface area contributed by atoms with Crippen LogP contribution in [-0.4, -0.2) is 30.2 Å². The minimum absolute atomic E-state index is 0. The molecule has 0 saturated heterocycles. The van der Waals surface area contributed by atoms with Gasteiger partial charge in [-0.25, -0.2) is 0 Å². The van der Waals surface area contributed by atoms with Crippen molar-refractivity contribution in [1.29, 1.82) is 0 Å². The number of halogens is 1. The molecule has 0 aliphatic heterocycles. The van der Waals surface area contributed by atoms with E-state index in [0.29, 0.717) is 19.5 Å². The van der Waals surface area contributed by atoms with Gasteiger partial charge in [-0.05, 0) is 32.1 Å². The third-order valence-corrected chi connectivity index (χ3v) is 4.21. The SMILES string of the molecule is CCCCCCC(O)CC=CCCCCCCCC(=O)NCCN.Cl.